The van der Waals surface area contributed by atoms with E-state index in [0.717, 1.165) is 6.07 Å². The number of hydrogen-bond donors (Lipinski definition) is 3. The number of anilines is 1. The van der Waals surface area contributed by atoms with E-state index in [1.807, 2.05) is 5.32 Å². The van der Waals surface area contributed by atoms with Crippen molar-refractivity contribution in [3.05, 3.63) is 29.6 Å². The van der Waals surface area contributed by atoms with Crippen LogP contribution in [-0.4, -0.2) is 29.6 Å². The van der Waals surface area contributed by atoms with Gasteiger partial charge in [-0.2, -0.15) is 0 Å². The lowest BCUT2D eigenvalue weighted by atomic mass is 10.1. The van der Waals surface area contributed by atoms with E-state index in [2.05, 4.69) is 5.32 Å². The van der Waals surface area contributed by atoms with Gasteiger partial charge in [-0.25, -0.2) is 13.2 Å². The molecule has 5 nitrogen and oxygen atoms in total. The largest absolute Gasteiger partial charge is 0.396 e. The van der Waals surface area contributed by atoms with Gasteiger partial charge >= 0.3 is 11.8 Å². The van der Waals surface area contributed by atoms with Crippen molar-refractivity contribution in [2.24, 2.45) is 0 Å². The van der Waals surface area contributed by atoms with Crippen LogP contribution in [0, 0.1) is 17.5 Å². The van der Waals surface area contributed by atoms with Gasteiger partial charge in [-0.3, -0.25) is 9.59 Å². The molecule has 0 aliphatic rings. The molecule has 1 aromatic carbocycles. The number of carbonyl (C=O) groups excluding carboxylic acids is 2. The number of nitrogens with one attached hydrogen (secondary N) is 2. The molecule has 0 spiro atoms. The Morgan fingerprint density at radius 1 is 1.19 bits per heavy atom. The number of aliphatic hydroxyl groups is 1. The summed E-state index contributed by atoms with van der Waals surface area (Å²) in [5, 5.41) is 13.0. The molecule has 0 fully saturated rings. The van der Waals surface area contributed by atoms with Crippen molar-refractivity contribution >= 4 is 17.5 Å². The summed E-state index contributed by atoms with van der Waals surface area (Å²) in [5.74, 6) is -6.99. The van der Waals surface area contributed by atoms with Crippen LogP contribution in [0.15, 0.2) is 12.1 Å². The highest BCUT2D eigenvalue weighted by Gasteiger charge is 2.20. The first-order valence-electron chi connectivity index (χ1n) is 6.26. The Morgan fingerprint density at radius 2 is 1.86 bits per heavy atom. The number of rotatable bonds is 5. The molecule has 116 valence electrons. The number of benzene rings is 1. The molecule has 0 aromatic heterocycles. The predicted octanol–water partition coefficient (Wildman–Crippen LogP) is 1.32. The molecular formula is C13H15F3N2O3. The molecule has 0 saturated carbocycles. The Kier molecular flexibility index (Phi) is 6.16. The summed E-state index contributed by atoms with van der Waals surface area (Å²) in [6.07, 6.45) is 0.744. The summed E-state index contributed by atoms with van der Waals surface area (Å²) in [6.45, 7) is 1.58. The molecule has 3 N–H and O–H groups in total. The maximum atomic E-state index is 13.3. The van der Waals surface area contributed by atoms with E-state index in [1.54, 1.807) is 6.92 Å². The Bertz CT molecular complexity index is 538. The average Bonchev–Trinajstić information content (AvgIpc) is 2.47. The summed E-state index contributed by atoms with van der Waals surface area (Å²) >= 11 is 0. The lowest BCUT2D eigenvalue weighted by molar-refractivity contribution is -0.136. The fourth-order valence-electron chi connectivity index (χ4n) is 1.59. The van der Waals surface area contributed by atoms with Crippen molar-refractivity contribution in [2.45, 2.75) is 25.8 Å². The van der Waals surface area contributed by atoms with Gasteiger partial charge in [0.25, 0.3) is 0 Å². The molecule has 0 aliphatic carbocycles. The monoisotopic (exact) mass is 304 g/mol. The van der Waals surface area contributed by atoms with Crippen LogP contribution in [0.5, 0.6) is 0 Å². The maximum absolute atomic E-state index is 13.3. The topological polar surface area (TPSA) is 78.4 Å². The molecule has 2 amide bonds. The molecule has 1 aromatic rings. The first-order valence-corrected chi connectivity index (χ1v) is 6.26. The van der Waals surface area contributed by atoms with E-state index in [-0.39, 0.29) is 13.0 Å². The average molecular weight is 304 g/mol. The zero-order valence-corrected chi connectivity index (χ0v) is 11.3. The van der Waals surface area contributed by atoms with Crippen LogP contribution in [0.3, 0.4) is 0 Å². The first kappa shape index (κ1) is 17.0. The third-order valence-electron chi connectivity index (χ3n) is 2.80. The summed E-state index contributed by atoms with van der Waals surface area (Å²) in [4.78, 5) is 23.1. The zero-order chi connectivity index (χ0) is 16.0. The smallest absolute Gasteiger partial charge is 0.313 e. The van der Waals surface area contributed by atoms with Gasteiger partial charge in [0.1, 0.15) is 0 Å². The van der Waals surface area contributed by atoms with Crippen molar-refractivity contribution in [1.82, 2.24) is 5.32 Å². The fourth-order valence-corrected chi connectivity index (χ4v) is 1.59. The van der Waals surface area contributed by atoms with Crippen molar-refractivity contribution in [3.8, 4) is 0 Å². The lowest BCUT2D eigenvalue weighted by Crippen LogP contribution is -2.42. The second kappa shape index (κ2) is 7.63. The van der Waals surface area contributed by atoms with Gasteiger partial charge in [-0.05, 0) is 25.0 Å². The highest BCUT2D eigenvalue weighted by molar-refractivity contribution is 6.39. The number of hydrogen-bond acceptors (Lipinski definition) is 3. The maximum Gasteiger partial charge on any atom is 0.313 e. The fraction of sp³-hybridized carbons (Fsp3) is 0.385. The van der Waals surface area contributed by atoms with Crippen LogP contribution in [-0.2, 0) is 9.59 Å². The summed E-state index contributed by atoms with van der Waals surface area (Å²) < 4.78 is 39.0. The molecular weight excluding hydrogens is 289 g/mol. The minimum absolute atomic E-state index is 0.168. The summed E-state index contributed by atoms with van der Waals surface area (Å²) in [6, 6.07) is 1.03. The van der Waals surface area contributed by atoms with Crippen LogP contribution in [0.25, 0.3) is 0 Å². The van der Waals surface area contributed by atoms with E-state index in [0.29, 0.717) is 12.5 Å². The van der Waals surface area contributed by atoms with Crippen LogP contribution in [0.4, 0.5) is 18.9 Å². The SMILES string of the molecule is CCC(CCO)NC(=O)C(=O)Nc1ccc(F)c(F)c1F. The van der Waals surface area contributed by atoms with E-state index < -0.39 is 41.0 Å². The highest BCUT2D eigenvalue weighted by Crippen LogP contribution is 2.19. The van der Waals surface area contributed by atoms with Gasteiger partial charge in [-0.15, -0.1) is 0 Å². The molecule has 21 heavy (non-hydrogen) atoms. The molecule has 1 atom stereocenters. The summed E-state index contributed by atoms with van der Waals surface area (Å²) in [5.41, 5.74) is -0.635. The van der Waals surface area contributed by atoms with Crippen molar-refractivity contribution < 1.29 is 27.9 Å². The Morgan fingerprint density at radius 3 is 2.43 bits per heavy atom. The standard InChI is InChI=1S/C13H15F3N2O3/c1-2-7(5-6-19)17-12(20)13(21)18-9-4-3-8(14)10(15)11(9)16/h3-4,7,19H,2,5-6H2,1H3,(H,17,20)(H,18,21). The minimum atomic E-state index is -1.74. The van der Waals surface area contributed by atoms with Gasteiger partial charge in [0, 0.05) is 12.6 Å². The van der Waals surface area contributed by atoms with Crippen LogP contribution < -0.4 is 10.6 Å². The van der Waals surface area contributed by atoms with Gasteiger partial charge in [0.2, 0.25) is 0 Å². The van der Waals surface area contributed by atoms with E-state index in [9.17, 15) is 22.8 Å². The van der Waals surface area contributed by atoms with Crippen molar-refractivity contribution in [3.63, 3.8) is 0 Å². The normalized spacial score (nSPS) is 11.9. The van der Waals surface area contributed by atoms with Crippen molar-refractivity contribution in [1.29, 1.82) is 0 Å². The number of carbonyl (C=O) groups is 2. The summed E-state index contributed by atoms with van der Waals surface area (Å²) in [7, 11) is 0. The van der Waals surface area contributed by atoms with E-state index in [1.165, 1.54) is 0 Å². The zero-order valence-electron chi connectivity index (χ0n) is 11.3. The third kappa shape index (κ3) is 4.45. The van der Waals surface area contributed by atoms with Gasteiger partial charge in [0.05, 0.1) is 5.69 Å². The molecule has 1 rings (SSSR count). The predicted molar refractivity (Wildman–Crippen MR) is 68.9 cm³/mol. The molecule has 0 heterocycles. The van der Waals surface area contributed by atoms with Crippen molar-refractivity contribution in [2.75, 3.05) is 11.9 Å². The Balaban J connectivity index is 2.73. The van der Waals surface area contributed by atoms with Crippen LogP contribution in [0.2, 0.25) is 0 Å². The Hall–Kier alpha value is -2.09. The number of halogens is 3. The van der Waals surface area contributed by atoms with Crippen LogP contribution >= 0.6 is 0 Å². The van der Waals surface area contributed by atoms with Crippen LogP contribution in [0.1, 0.15) is 19.8 Å². The minimum Gasteiger partial charge on any atom is -0.396 e. The number of aliphatic hydroxyl groups excluding tert-OH is 1. The molecule has 0 bridgehead atoms. The van der Waals surface area contributed by atoms with Gasteiger partial charge in [-0.1, -0.05) is 6.92 Å². The molecule has 0 saturated heterocycles. The highest BCUT2D eigenvalue weighted by atomic mass is 19.2. The van der Waals surface area contributed by atoms with Gasteiger partial charge in [0.15, 0.2) is 17.5 Å². The number of amides is 2. The molecule has 8 heteroatoms. The molecule has 1 unspecified atom stereocenters. The second-order valence-corrected chi connectivity index (χ2v) is 4.27. The quantitative estimate of drug-likeness (QED) is 0.567. The van der Waals surface area contributed by atoms with E-state index >= 15 is 0 Å². The lowest BCUT2D eigenvalue weighted by Gasteiger charge is -2.15. The van der Waals surface area contributed by atoms with Gasteiger partial charge < -0.3 is 15.7 Å². The molecule has 0 aliphatic heterocycles. The Labute approximate surface area is 119 Å². The second-order valence-electron chi connectivity index (χ2n) is 4.27. The first-order chi connectivity index (χ1) is 9.90. The molecule has 0 radical (unpaired) electrons. The van der Waals surface area contributed by atoms with E-state index in [4.69, 9.17) is 5.11 Å². The third-order valence-corrected chi connectivity index (χ3v) is 2.80.